The third kappa shape index (κ3) is 3.62. The van der Waals surface area contributed by atoms with E-state index in [0.717, 1.165) is 0 Å². The van der Waals surface area contributed by atoms with E-state index >= 15 is 0 Å². The molecule has 7 nitrogen and oxygen atoms in total. The van der Waals surface area contributed by atoms with E-state index in [-0.39, 0.29) is 18.2 Å². The maximum Gasteiger partial charge on any atom is 0.268 e. The molecule has 8 heteroatoms. The SMILES string of the molecule is Cc1nn(C(C)C)cc1C(=O)NS(=O)(=O)C1CCCOC1. The van der Waals surface area contributed by atoms with Crippen LogP contribution in [0, 0.1) is 6.92 Å². The summed E-state index contributed by atoms with van der Waals surface area (Å²) in [7, 11) is -3.72. The number of sulfonamides is 1. The molecular weight excluding hydrogens is 294 g/mol. The number of aryl methyl sites for hydroxylation is 1. The van der Waals surface area contributed by atoms with Gasteiger partial charge in [0, 0.05) is 18.8 Å². The summed E-state index contributed by atoms with van der Waals surface area (Å²) >= 11 is 0. The maximum absolute atomic E-state index is 12.2. The van der Waals surface area contributed by atoms with Gasteiger partial charge in [-0.15, -0.1) is 0 Å². The van der Waals surface area contributed by atoms with Gasteiger partial charge in [0.15, 0.2) is 0 Å². The molecule has 0 aliphatic carbocycles. The van der Waals surface area contributed by atoms with Crippen LogP contribution in [-0.4, -0.2) is 42.6 Å². The van der Waals surface area contributed by atoms with Crippen LogP contribution < -0.4 is 4.72 Å². The first kappa shape index (κ1) is 16.0. The molecule has 118 valence electrons. The van der Waals surface area contributed by atoms with Gasteiger partial charge in [-0.2, -0.15) is 5.10 Å². The van der Waals surface area contributed by atoms with Crippen molar-refractivity contribution in [3.05, 3.63) is 17.5 Å². The molecule has 0 saturated carbocycles. The lowest BCUT2D eigenvalue weighted by Crippen LogP contribution is -2.42. The van der Waals surface area contributed by atoms with Crippen LogP contribution in [0.4, 0.5) is 0 Å². The van der Waals surface area contributed by atoms with Crippen molar-refractivity contribution >= 4 is 15.9 Å². The number of hydrogen-bond acceptors (Lipinski definition) is 5. The minimum atomic E-state index is -3.72. The van der Waals surface area contributed by atoms with Crippen molar-refractivity contribution < 1.29 is 17.9 Å². The van der Waals surface area contributed by atoms with Crippen molar-refractivity contribution in [1.29, 1.82) is 0 Å². The zero-order chi connectivity index (χ0) is 15.6. The summed E-state index contributed by atoms with van der Waals surface area (Å²) in [5, 5.41) is 3.54. The van der Waals surface area contributed by atoms with Crippen LogP contribution in [0.5, 0.6) is 0 Å². The molecule has 1 saturated heterocycles. The van der Waals surface area contributed by atoms with Crippen LogP contribution >= 0.6 is 0 Å². The molecule has 0 spiro atoms. The van der Waals surface area contributed by atoms with Gasteiger partial charge in [0.2, 0.25) is 10.0 Å². The number of nitrogens with one attached hydrogen (secondary N) is 1. The zero-order valence-electron chi connectivity index (χ0n) is 12.5. The minimum Gasteiger partial charge on any atom is -0.380 e. The normalized spacial score (nSPS) is 19.7. The van der Waals surface area contributed by atoms with E-state index in [9.17, 15) is 13.2 Å². The van der Waals surface area contributed by atoms with Gasteiger partial charge in [-0.3, -0.25) is 9.48 Å². The molecule has 1 N–H and O–H groups in total. The molecule has 1 amide bonds. The fourth-order valence-electron chi connectivity index (χ4n) is 2.19. The second-order valence-electron chi connectivity index (χ2n) is 5.52. The van der Waals surface area contributed by atoms with E-state index in [1.54, 1.807) is 17.8 Å². The van der Waals surface area contributed by atoms with Gasteiger partial charge >= 0.3 is 0 Å². The summed E-state index contributed by atoms with van der Waals surface area (Å²) in [6, 6.07) is 0.105. The molecule has 0 bridgehead atoms. The van der Waals surface area contributed by atoms with E-state index in [1.807, 2.05) is 13.8 Å². The molecule has 21 heavy (non-hydrogen) atoms. The van der Waals surface area contributed by atoms with Crippen LogP contribution in [0.15, 0.2) is 6.20 Å². The molecule has 1 aliphatic rings. The molecule has 1 unspecified atom stereocenters. The monoisotopic (exact) mass is 315 g/mol. The van der Waals surface area contributed by atoms with E-state index < -0.39 is 21.2 Å². The zero-order valence-corrected chi connectivity index (χ0v) is 13.3. The Labute approximate surface area is 124 Å². The van der Waals surface area contributed by atoms with Gasteiger partial charge in [-0.05, 0) is 33.6 Å². The number of nitrogens with zero attached hydrogens (tertiary/aromatic N) is 2. The summed E-state index contributed by atoms with van der Waals surface area (Å²) in [6.45, 7) is 6.26. The first-order valence-electron chi connectivity index (χ1n) is 7.00. The van der Waals surface area contributed by atoms with Crippen LogP contribution in [-0.2, 0) is 14.8 Å². The molecule has 2 rings (SSSR count). The topological polar surface area (TPSA) is 90.3 Å². The summed E-state index contributed by atoms with van der Waals surface area (Å²) in [6.07, 6.45) is 2.76. The van der Waals surface area contributed by atoms with Crippen LogP contribution in [0.25, 0.3) is 0 Å². The Hall–Kier alpha value is -1.41. The lowest BCUT2D eigenvalue weighted by Gasteiger charge is -2.22. The van der Waals surface area contributed by atoms with Crippen molar-refractivity contribution in [2.45, 2.75) is 44.9 Å². The molecule has 1 fully saturated rings. The van der Waals surface area contributed by atoms with Crippen molar-refractivity contribution in [3.63, 3.8) is 0 Å². The third-order valence-corrected chi connectivity index (χ3v) is 5.20. The minimum absolute atomic E-state index is 0.105. The Bertz CT molecular complexity index is 615. The van der Waals surface area contributed by atoms with E-state index in [4.69, 9.17) is 4.74 Å². The smallest absolute Gasteiger partial charge is 0.268 e. The first-order chi connectivity index (χ1) is 9.81. The number of amides is 1. The number of carbonyl (C=O) groups excluding carboxylic acids is 1. The van der Waals surface area contributed by atoms with Gasteiger partial charge in [0.1, 0.15) is 5.25 Å². The highest BCUT2D eigenvalue weighted by molar-refractivity contribution is 7.90. The highest BCUT2D eigenvalue weighted by atomic mass is 32.2. The van der Waals surface area contributed by atoms with Gasteiger partial charge in [0.05, 0.1) is 17.9 Å². The summed E-state index contributed by atoms with van der Waals surface area (Å²) < 4.78 is 33.3. The van der Waals surface area contributed by atoms with Crippen LogP contribution in [0.3, 0.4) is 0 Å². The Morgan fingerprint density at radius 1 is 1.52 bits per heavy atom. The Morgan fingerprint density at radius 2 is 2.24 bits per heavy atom. The molecular formula is C13H21N3O4S. The van der Waals surface area contributed by atoms with Crippen molar-refractivity contribution in [2.75, 3.05) is 13.2 Å². The van der Waals surface area contributed by atoms with Gasteiger partial charge < -0.3 is 4.74 Å². The van der Waals surface area contributed by atoms with Crippen molar-refractivity contribution in [2.24, 2.45) is 0 Å². The largest absolute Gasteiger partial charge is 0.380 e. The van der Waals surface area contributed by atoms with E-state index in [1.165, 1.54) is 0 Å². The number of carbonyl (C=O) groups is 1. The highest BCUT2D eigenvalue weighted by Gasteiger charge is 2.30. The molecule has 2 heterocycles. The molecule has 1 aliphatic heterocycles. The number of ether oxygens (including phenoxy) is 1. The average Bonchev–Trinajstić information content (AvgIpc) is 2.82. The fraction of sp³-hybridized carbons (Fsp3) is 0.692. The fourth-order valence-corrected chi connectivity index (χ4v) is 3.48. The van der Waals surface area contributed by atoms with E-state index in [2.05, 4.69) is 9.82 Å². The Balaban J connectivity index is 2.13. The molecule has 1 aromatic rings. The van der Waals surface area contributed by atoms with Crippen molar-refractivity contribution in [1.82, 2.24) is 14.5 Å². The molecule has 1 atom stereocenters. The summed E-state index contributed by atoms with van der Waals surface area (Å²) in [4.78, 5) is 12.2. The van der Waals surface area contributed by atoms with Crippen LogP contribution in [0.1, 0.15) is 48.8 Å². The third-order valence-electron chi connectivity index (χ3n) is 3.48. The standard InChI is InChI=1S/C13H21N3O4S/c1-9(2)16-7-12(10(3)14-16)13(17)15-21(18,19)11-5-4-6-20-8-11/h7,9,11H,4-6,8H2,1-3H3,(H,15,17). The Morgan fingerprint density at radius 3 is 2.76 bits per heavy atom. The molecule has 1 aromatic heterocycles. The lowest BCUT2D eigenvalue weighted by atomic mass is 10.2. The quantitative estimate of drug-likeness (QED) is 0.895. The second-order valence-corrected chi connectivity index (χ2v) is 7.48. The number of hydrogen-bond donors (Lipinski definition) is 1. The molecule has 0 radical (unpaired) electrons. The predicted octanol–water partition coefficient (Wildman–Crippen LogP) is 1.01. The number of rotatable bonds is 4. The lowest BCUT2D eigenvalue weighted by molar-refractivity contribution is 0.0952. The van der Waals surface area contributed by atoms with Crippen LogP contribution in [0.2, 0.25) is 0 Å². The van der Waals surface area contributed by atoms with Gasteiger partial charge in [0.25, 0.3) is 5.91 Å². The first-order valence-corrected chi connectivity index (χ1v) is 8.55. The van der Waals surface area contributed by atoms with E-state index in [0.29, 0.717) is 25.1 Å². The Kier molecular flexibility index (Phi) is 4.67. The van der Waals surface area contributed by atoms with Gasteiger partial charge in [-0.1, -0.05) is 0 Å². The second kappa shape index (κ2) is 6.15. The average molecular weight is 315 g/mol. The predicted molar refractivity (Wildman–Crippen MR) is 77.6 cm³/mol. The van der Waals surface area contributed by atoms with Crippen molar-refractivity contribution in [3.8, 4) is 0 Å². The highest BCUT2D eigenvalue weighted by Crippen LogP contribution is 2.15. The summed E-state index contributed by atoms with van der Waals surface area (Å²) in [5.41, 5.74) is 0.792. The molecule has 0 aromatic carbocycles. The summed E-state index contributed by atoms with van der Waals surface area (Å²) in [5.74, 6) is -0.634. The number of aromatic nitrogens is 2. The maximum atomic E-state index is 12.2. The van der Waals surface area contributed by atoms with Gasteiger partial charge in [-0.25, -0.2) is 13.1 Å².